The first-order valence-electron chi connectivity index (χ1n) is 7.36. The van der Waals surface area contributed by atoms with Crippen LogP contribution in [0.25, 0.3) is 0 Å². The molecule has 1 aliphatic carbocycles. The van der Waals surface area contributed by atoms with Crippen LogP contribution in [0.5, 0.6) is 0 Å². The van der Waals surface area contributed by atoms with Gasteiger partial charge in [0.25, 0.3) is 5.91 Å². The number of anilines is 1. The summed E-state index contributed by atoms with van der Waals surface area (Å²) in [4.78, 5) is 14.5. The molecule has 0 unspecified atom stereocenters. The van der Waals surface area contributed by atoms with Gasteiger partial charge in [-0.1, -0.05) is 30.4 Å². The van der Waals surface area contributed by atoms with Crippen molar-refractivity contribution in [2.75, 3.05) is 11.4 Å². The fourth-order valence-corrected chi connectivity index (χ4v) is 4.81. The lowest BCUT2D eigenvalue weighted by Crippen LogP contribution is -2.56. The fraction of sp³-hybridized carbons (Fsp3) is 0.353. The van der Waals surface area contributed by atoms with E-state index in [1.54, 1.807) is 6.08 Å². The molecule has 4 aliphatic rings. The number of hydrogen-bond acceptors (Lipinski definition) is 2. The minimum Gasteiger partial charge on any atom is -0.313 e. The van der Waals surface area contributed by atoms with Gasteiger partial charge in [0, 0.05) is 23.2 Å². The third-order valence-electron chi connectivity index (χ3n) is 5.52. The van der Waals surface area contributed by atoms with E-state index in [2.05, 4.69) is 29.6 Å². The Morgan fingerprint density at radius 2 is 2.15 bits per heavy atom. The molecule has 0 saturated carbocycles. The molecule has 1 amide bonds. The maximum atomic E-state index is 12.4. The van der Waals surface area contributed by atoms with Crippen molar-refractivity contribution in [3.05, 3.63) is 53.6 Å². The molecular weight excluding hydrogens is 248 g/mol. The third kappa shape index (κ3) is 1.02. The number of amides is 1. The molecule has 5 rings (SSSR count). The Kier molecular flexibility index (Phi) is 1.85. The van der Waals surface area contributed by atoms with Crippen LogP contribution in [0.1, 0.15) is 18.4 Å². The molecule has 1 saturated heterocycles. The van der Waals surface area contributed by atoms with Gasteiger partial charge in [0.1, 0.15) is 0 Å². The predicted octanol–water partition coefficient (Wildman–Crippen LogP) is 1.90. The summed E-state index contributed by atoms with van der Waals surface area (Å²) in [7, 11) is 0. The Labute approximate surface area is 118 Å². The Morgan fingerprint density at radius 1 is 1.25 bits per heavy atom. The summed E-state index contributed by atoms with van der Waals surface area (Å²) >= 11 is 0. The molecule has 1 fully saturated rings. The summed E-state index contributed by atoms with van der Waals surface area (Å²) in [5, 5.41) is 3.66. The van der Waals surface area contributed by atoms with Crippen LogP contribution in [-0.2, 0) is 10.2 Å². The molecular formula is C17H16N2O. The Hall–Kier alpha value is -1.87. The highest BCUT2D eigenvalue weighted by molar-refractivity contribution is 6.07. The summed E-state index contributed by atoms with van der Waals surface area (Å²) in [5.41, 5.74) is 3.89. The van der Waals surface area contributed by atoms with Crippen LogP contribution in [0.3, 0.4) is 0 Å². The van der Waals surface area contributed by atoms with E-state index in [9.17, 15) is 4.79 Å². The van der Waals surface area contributed by atoms with Gasteiger partial charge in [-0.2, -0.15) is 0 Å². The zero-order chi connectivity index (χ0) is 13.3. The number of hydrogen-bond donors (Lipinski definition) is 1. The first-order chi connectivity index (χ1) is 9.82. The van der Waals surface area contributed by atoms with E-state index in [0.717, 1.165) is 25.1 Å². The molecule has 3 heterocycles. The number of fused-ring (bicyclic) bond motifs is 2. The highest BCUT2D eigenvalue weighted by Gasteiger charge is 2.60. The van der Waals surface area contributed by atoms with E-state index in [4.69, 9.17) is 0 Å². The smallest absolute Gasteiger partial charge is 0.251 e. The summed E-state index contributed by atoms with van der Waals surface area (Å²) in [6.45, 7) is 1.04. The Balaban J connectivity index is 1.87. The first-order valence-corrected chi connectivity index (χ1v) is 7.36. The van der Waals surface area contributed by atoms with E-state index in [0.29, 0.717) is 6.04 Å². The number of benzene rings is 1. The molecule has 3 atom stereocenters. The molecule has 3 nitrogen and oxygen atoms in total. The molecule has 1 N–H and O–H groups in total. The van der Waals surface area contributed by atoms with Crippen LogP contribution >= 0.6 is 0 Å². The number of nitrogens with zero attached hydrogens (tertiary/aromatic N) is 1. The first kappa shape index (κ1) is 10.9. The largest absolute Gasteiger partial charge is 0.313 e. The number of nitrogens with one attached hydrogen (secondary N) is 1. The summed E-state index contributed by atoms with van der Waals surface area (Å²) < 4.78 is 0. The van der Waals surface area contributed by atoms with Gasteiger partial charge in [-0.15, -0.1) is 0 Å². The van der Waals surface area contributed by atoms with Gasteiger partial charge in [0.2, 0.25) is 0 Å². The zero-order valence-electron chi connectivity index (χ0n) is 11.2. The fourth-order valence-electron chi connectivity index (χ4n) is 4.81. The second kappa shape index (κ2) is 3.41. The van der Waals surface area contributed by atoms with Crippen LogP contribution < -0.4 is 10.2 Å². The van der Waals surface area contributed by atoms with Gasteiger partial charge in [0.05, 0.1) is 6.04 Å². The summed E-state index contributed by atoms with van der Waals surface area (Å²) in [6.07, 6.45) is 8.25. The molecule has 1 aromatic carbocycles. The number of para-hydroxylation sites is 1. The van der Waals surface area contributed by atoms with Gasteiger partial charge in [-0.3, -0.25) is 4.79 Å². The lowest BCUT2D eigenvalue weighted by molar-refractivity contribution is -0.114. The second-order valence-electron chi connectivity index (χ2n) is 6.20. The minimum atomic E-state index is 0.0844. The normalized spacial score (nSPS) is 36.5. The van der Waals surface area contributed by atoms with Crippen molar-refractivity contribution in [2.45, 2.75) is 30.3 Å². The average Bonchev–Trinajstić information content (AvgIpc) is 3.04. The monoisotopic (exact) mass is 264 g/mol. The maximum absolute atomic E-state index is 12.4. The second-order valence-corrected chi connectivity index (χ2v) is 6.20. The molecule has 0 bridgehead atoms. The summed E-state index contributed by atoms with van der Waals surface area (Å²) in [6, 6.07) is 9.14. The van der Waals surface area contributed by atoms with Crippen molar-refractivity contribution in [3.63, 3.8) is 0 Å². The van der Waals surface area contributed by atoms with Crippen molar-refractivity contribution in [1.82, 2.24) is 5.32 Å². The minimum absolute atomic E-state index is 0.0844. The van der Waals surface area contributed by atoms with Crippen molar-refractivity contribution < 1.29 is 4.79 Å². The highest BCUT2D eigenvalue weighted by atomic mass is 16.2. The molecule has 100 valence electrons. The van der Waals surface area contributed by atoms with E-state index in [-0.39, 0.29) is 17.4 Å². The third-order valence-corrected chi connectivity index (χ3v) is 5.52. The van der Waals surface area contributed by atoms with E-state index in [1.165, 1.54) is 11.1 Å². The lowest BCUT2D eigenvalue weighted by Gasteiger charge is -2.44. The molecule has 3 aliphatic heterocycles. The molecule has 3 heteroatoms. The maximum Gasteiger partial charge on any atom is 0.251 e. The van der Waals surface area contributed by atoms with Crippen LogP contribution in [0.15, 0.2) is 48.1 Å². The SMILES string of the molecule is O=C1C=CC2=CC[C@@H]3NCC[C@@]34c3ccccc3N1[C@@H]24. The molecule has 0 aromatic heterocycles. The van der Waals surface area contributed by atoms with Crippen molar-refractivity contribution in [1.29, 1.82) is 0 Å². The van der Waals surface area contributed by atoms with Gasteiger partial charge in [-0.25, -0.2) is 0 Å². The van der Waals surface area contributed by atoms with Gasteiger partial charge in [0.15, 0.2) is 0 Å². The Morgan fingerprint density at radius 3 is 3.10 bits per heavy atom. The predicted molar refractivity (Wildman–Crippen MR) is 77.6 cm³/mol. The zero-order valence-corrected chi connectivity index (χ0v) is 11.2. The van der Waals surface area contributed by atoms with Crippen LogP contribution in [0.2, 0.25) is 0 Å². The number of carbonyl (C=O) groups excluding carboxylic acids is 1. The topological polar surface area (TPSA) is 32.3 Å². The summed E-state index contributed by atoms with van der Waals surface area (Å²) in [5.74, 6) is 0.129. The van der Waals surface area contributed by atoms with E-state index in [1.807, 2.05) is 17.0 Å². The number of rotatable bonds is 0. The highest BCUT2D eigenvalue weighted by Crippen LogP contribution is 2.56. The van der Waals surface area contributed by atoms with Crippen molar-refractivity contribution in [3.8, 4) is 0 Å². The van der Waals surface area contributed by atoms with Crippen molar-refractivity contribution in [2.24, 2.45) is 0 Å². The number of carbonyl (C=O) groups is 1. The van der Waals surface area contributed by atoms with Gasteiger partial charge in [-0.05, 0) is 36.6 Å². The van der Waals surface area contributed by atoms with Gasteiger partial charge >= 0.3 is 0 Å². The molecule has 0 radical (unpaired) electrons. The van der Waals surface area contributed by atoms with E-state index < -0.39 is 0 Å². The molecule has 1 aromatic rings. The lowest BCUT2D eigenvalue weighted by atomic mass is 9.64. The van der Waals surface area contributed by atoms with Crippen LogP contribution in [-0.4, -0.2) is 24.5 Å². The quantitative estimate of drug-likeness (QED) is 0.776. The van der Waals surface area contributed by atoms with Crippen LogP contribution in [0.4, 0.5) is 5.69 Å². The Bertz CT molecular complexity index is 690. The molecule has 20 heavy (non-hydrogen) atoms. The average molecular weight is 264 g/mol. The van der Waals surface area contributed by atoms with Gasteiger partial charge < -0.3 is 10.2 Å². The standard InChI is InChI=1S/C17H16N2O/c20-15-8-6-11-5-7-14-17(9-10-18-14)12-3-1-2-4-13(12)19(15)16(11)17/h1-6,8,14,16,18H,7,9-10H2/t14-,16-,17+/m0/s1. The van der Waals surface area contributed by atoms with E-state index >= 15 is 0 Å². The van der Waals surface area contributed by atoms with Crippen molar-refractivity contribution >= 4 is 11.6 Å². The molecule has 1 spiro atoms. The van der Waals surface area contributed by atoms with Crippen LogP contribution in [0, 0.1) is 0 Å².